The number of rotatable bonds is 7. The van der Waals surface area contributed by atoms with E-state index in [1.807, 2.05) is 0 Å². The van der Waals surface area contributed by atoms with Crippen LogP contribution in [-0.2, 0) is 16.6 Å². The molecule has 0 saturated heterocycles. The Morgan fingerprint density at radius 1 is 1.35 bits per heavy atom. The Hall–Kier alpha value is -2.75. The number of fused-ring (bicyclic) bond motifs is 1. The van der Waals surface area contributed by atoms with Crippen molar-refractivity contribution in [1.29, 1.82) is 0 Å². The molecule has 2 heterocycles. The molecular weight excluding hydrogens is 368 g/mol. The van der Waals surface area contributed by atoms with Crippen molar-refractivity contribution in [2.45, 2.75) is 17.5 Å². The predicted octanol–water partition coefficient (Wildman–Crippen LogP) is 2.88. The fourth-order valence-corrected chi connectivity index (χ4v) is 3.36. The van der Waals surface area contributed by atoms with E-state index < -0.39 is 17.4 Å². The molecule has 1 aromatic carbocycles. The van der Waals surface area contributed by atoms with Gasteiger partial charge in [0.1, 0.15) is 5.75 Å². The fraction of sp³-hybridized carbons (Fsp3) is 0.250. The van der Waals surface area contributed by atoms with Gasteiger partial charge < -0.3 is 19.2 Å². The van der Waals surface area contributed by atoms with E-state index in [4.69, 9.17) is 10.8 Å². The Balaban J connectivity index is 1.85. The van der Waals surface area contributed by atoms with Gasteiger partial charge in [-0.15, -0.1) is 0 Å². The van der Waals surface area contributed by atoms with Crippen molar-refractivity contribution in [3.05, 3.63) is 36.2 Å². The van der Waals surface area contributed by atoms with E-state index in [0.717, 1.165) is 0 Å². The number of aromatic nitrogens is 3. The molecule has 0 fully saturated rings. The highest BCUT2D eigenvalue weighted by Gasteiger charge is 2.17. The van der Waals surface area contributed by atoms with Crippen molar-refractivity contribution in [2.24, 2.45) is 0 Å². The van der Waals surface area contributed by atoms with Crippen LogP contribution in [0.2, 0.25) is 0 Å². The number of benzene rings is 1. The third-order valence-corrected chi connectivity index (χ3v) is 4.60. The van der Waals surface area contributed by atoms with Crippen molar-refractivity contribution in [2.75, 3.05) is 14.2 Å². The van der Waals surface area contributed by atoms with Gasteiger partial charge in [-0.05, 0) is 12.1 Å². The molecule has 1 unspecified atom stereocenters. The summed E-state index contributed by atoms with van der Waals surface area (Å²) < 4.78 is 59.2. The average molecular weight is 384 g/mol. The van der Waals surface area contributed by atoms with Crippen LogP contribution in [-0.4, -0.2) is 40.0 Å². The Labute approximate surface area is 151 Å². The minimum atomic E-state index is -2.93. The third-order valence-electron chi connectivity index (χ3n) is 3.44. The smallest absolute Gasteiger partial charge is 0.387 e. The van der Waals surface area contributed by atoms with E-state index >= 15 is 0 Å². The predicted molar refractivity (Wildman–Crippen MR) is 90.2 cm³/mol. The number of pyridine rings is 1. The maximum absolute atomic E-state index is 12.7. The SMILES string of the molecule is [2H]COc1ccnc(CS(=O)c2nc3ccc(OC(F)F)cc3[nH]2)c1OC. The van der Waals surface area contributed by atoms with Gasteiger partial charge in [0.25, 0.3) is 0 Å². The summed E-state index contributed by atoms with van der Waals surface area (Å²) >= 11 is 0. The zero-order valence-electron chi connectivity index (χ0n) is 14.6. The molecular formula is C16H15F2N3O4S. The second-order valence-electron chi connectivity index (χ2n) is 5.02. The van der Waals surface area contributed by atoms with E-state index in [1.165, 1.54) is 31.5 Å². The second kappa shape index (κ2) is 7.65. The van der Waals surface area contributed by atoms with Crippen LogP contribution in [0.5, 0.6) is 17.2 Å². The number of aromatic amines is 1. The highest BCUT2D eigenvalue weighted by molar-refractivity contribution is 7.84. The van der Waals surface area contributed by atoms with E-state index in [2.05, 4.69) is 19.7 Å². The van der Waals surface area contributed by atoms with Gasteiger partial charge in [0.2, 0.25) is 0 Å². The van der Waals surface area contributed by atoms with Gasteiger partial charge >= 0.3 is 6.61 Å². The Bertz CT molecular complexity index is 970. The van der Waals surface area contributed by atoms with E-state index in [9.17, 15) is 13.0 Å². The van der Waals surface area contributed by atoms with Crippen molar-refractivity contribution in [1.82, 2.24) is 15.0 Å². The minimum absolute atomic E-state index is 0.0153. The molecule has 0 aliphatic heterocycles. The summed E-state index contributed by atoms with van der Waals surface area (Å²) in [5.41, 5.74) is 1.26. The first-order chi connectivity index (χ1) is 13.0. The van der Waals surface area contributed by atoms with Crippen LogP contribution < -0.4 is 14.2 Å². The van der Waals surface area contributed by atoms with Gasteiger partial charge in [0, 0.05) is 18.3 Å². The summed E-state index contributed by atoms with van der Waals surface area (Å²) in [7, 11) is -0.483. The zero-order valence-corrected chi connectivity index (χ0v) is 14.4. The van der Waals surface area contributed by atoms with Crippen LogP contribution in [0.15, 0.2) is 35.6 Å². The molecule has 26 heavy (non-hydrogen) atoms. The first-order valence-electron chi connectivity index (χ1n) is 7.99. The molecule has 0 aliphatic carbocycles. The third kappa shape index (κ3) is 3.74. The molecule has 138 valence electrons. The maximum atomic E-state index is 12.7. The lowest BCUT2D eigenvalue weighted by Crippen LogP contribution is -2.04. The van der Waals surface area contributed by atoms with Gasteiger partial charge in [-0.3, -0.25) is 9.19 Å². The highest BCUT2D eigenvalue weighted by Crippen LogP contribution is 2.30. The fourth-order valence-electron chi connectivity index (χ4n) is 2.35. The normalized spacial score (nSPS) is 12.8. The largest absolute Gasteiger partial charge is 0.493 e. The maximum Gasteiger partial charge on any atom is 0.387 e. The Morgan fingerprint density at radius 3 is 2.92 bits per heavy atom. The molecule has 0 radical (unpaired) electrons. The summed E-state index contributed by atoms with van der Waals surface area (Å²) in [5, 5.41) is 0.162. The van der Waals surface area contributed by atoms with Crippen LogP contribution in [0.1, 0.15) is 7.06 Å². The van der Waals surface area contributed by atoms with E-state index in [-0.39, 0.29) is 23.7 Å². The van der Waals surface area contributed by atoms with Gasteiger partial charge in [-0.1, -0.05) is 0 Å². The second-order valence-corrected chi connectivity index (χ2v) is 6.39. The lowest BCUT2D eigenvalue weighted by molar-refractivity contribution is -0.0497. The van der Waals surface area contributed by atoms with Gasteiger partial charge in [0.15, 0.2) is 16.7 Å². The number of imidazole rings is 1. The molecule has 10 heteroatoms. The molecule has 1 atom stereocenters. The lowest BCUT2D eigenvalue weighted by Gasteiger charge is -2.10. The van der Waals surface area contributed by atoms with Crippen LogP contribution in [0.25, 0.3) is 11.0 Å². The molecule has 0 amide bonds. The number of alkyl halides is 2. The summed E-state index contributed by atoms with van der Waals surface area (Å²) in [6.45, 7) is -2.93. The number of H-pyrrole nitrogens is 1. The van der Waals surface area contributed by atoms with Crippen LogP contribution in [0.4, 0.5) is 8.78 Å². The Morgan fingerprint density at radius 2 is 2.19 bits per heavy atom. The summed E-state index contributed by atoms with van der Waals surface area (Å²) in [5.74, 6) is 0.579. The van der Waals surface area contributed by atoms with E-state index in [1.54, 1.807) is 6.07 Å². The van der Waals surface area contributed by atoms with Crippen molar-refractivity contribution >= 4 is 21.8 Å². The Kier molecular flexibility index (Phi) is 4.91. The van der Waals surface area contributed by atoms with Gasteiger partial charge in [0.05, 0.1) is 48.8 Å². The minimum Gasteiger partial charge on any atom is -0.493 e. The first-order valence-corrected chi connectivity index (χ1v) is 8.60. The van der Waals surface area contributed by atoms with E-state index in [0.29, 0.717) is 28.2 Å². The summed E-state index contributed by atoms with van der Waals surface area (Å²) in [4.78, 5) is 11.2. The van der Waals surface area contributed by atoms with Crippen LogP contribution in [0.3, 0.4) is 0 Å². The molecule has 7 nitrogen and oxygen atoms in total. The number of ether oxygens (including phenoxy) is 3. The zero-order chi connectivity index (χ0) is 19.4. The first kappa shape index (κ1) is 16.7. The summed E-state index contributed by atoms with van der Waals surface area (Å²) in [6, 6.07) is 5.75. The molecule has 1 N–H and O–H groups in total. The van der Waals surface area contributed by atoms with Crippen LogP contribution >= 0.6 is 0 Å². The number of methoxy groups -OCH3 is 2. The molecule has 0 saturated carbocycles. The topological polar surface area (TPSA) is 86.3 Å². The average Bonchev–Trinajstić information content (AvgIpc) is 3.05. The number of halogens is 2. The number of nitrogens with zero attached hydrogens (tertiary/aromatic N) is 2. The monoisotopic (exact) mass is 384 g/mol. The highest BCUT2D eigenvalue weighted by atomic mass is 32.2. The van der Waals surface area contributed by atoms with Crippen molar-refractivity contribution < 1.29 is 28.6 Å². The standard InChI is InChI=1S/C16H15F2N3O4S/c1-23-13-5-6-19-12(14(13)24-2)8-26(22)16-20-10-4-3-9(25-15(17)18)7-11(10)21-16/h3-7,15H,8H2,1-2H3,(H,20,21)/i1D. The van der Waals surface area contributed by atoms with Crippen LogP contribution in [0, 0.1) is 0 Å². The van der Waals surface area contributed by atoms with Gasteiger partial charge in [-0.2, -0.15) is 8.78 Å². The molecule has 3 aromatic rings. The number of hydrogen-bond acceptors (Lipinski definition) is 6. The lowest BCUT2D eigenvalue weighted by atomic mass is 10.3. The molecule has 3 rings (SSSR count). The van der Waals surface area contributed by atoms with Crippen molar-refractivity contribution in [3.63, 3.8) is 0 Å². The molecule has 0 spiro atoms. The van der Waals surface area contributed by atoms with Gasteiger partial charge in [-0.25, -0.2) is 4.98 Å². The molecule has 0 bridgehead atoms. The number of hydrogen-bond donors (Lipinski definition) is 1. The molecule has 0 aliphatic rings. The summed E-state index contributed by atoms with van der Waals surface area (Å²) in [6.07, 6.45) is 1.46. The molecule has 2 aromatic heterocycles. The quantitative estimate of drug-likeness (QED) is 0.674. The number of nitrogens with one attached hydrogen (secondary N) is 1. The van der Waals surface area contributed by atoms with Crippen molar-refractivity contribution in [3.8, 4) is 17.2 Å².